The third-order valence-electron chi connectivity index (χ3n) is 5.84. The second-order valence-electron chi connectivity index (χ2n) is 8.30. The number of thioether (sulfide) groups is 1. The Morgan fingerprint density at radius 3 is 2.35 bits per heavy atom. The molecule has 1 aliphatic heterocycles. The third-order valence-corrected chi connectivity index (χ3v) is 7.20. The molecule has 0 spiro atoms. The van der Waals surface area contributed by atoms with Gasteiger partial charge in [0.2, 0.25) is 0 Å². The van der Waals surface area contributed by atoms with Crippen molar-refractivity contribution in [3.05, 3.63) is 120 Å². The van der Waals surface area contributed by atoms with Crippen LogP contribution in [0, 0.1) is 0 Å². The molecule has 0 saturated carbocycles. The van der Waals surface area contributed by atoms with Crippen molar-refractivity contribution in [2.75, 3.05) is 19.7 Å². The van der Waals surface area contributed by atoms with E-state index < -0.39 is 0 Å². The molecule has 1 saturated heterocycles. The molecule has 2 atom stereocenters. The predicted octanol–water partition coefficient (Wildman–Crippen LogP) is 6.61. The van der Waals surface area contributed by atoms with Crippen LogP contribution >= 0.6 is 11.8 Å². The summed E-state index contributed by atoms with van der Waals surface area (Å²) < 4.78 is 12.6. The molecule has 1 unspecified atom stereocenters. The number of nitrogens with zero attached hydrogens (tertiary/aromatic N) is 2. The summed E-state index contributed by atoms with van der Waals surface area (Å²) in [5.74, 6) is 1.56. The van der Waals surface area contributed by atoms with Crippen molar-refractivity contribution in [2.24, 2.45) is 0 Å². The van der Waals surface area contributed by atoms with E-state index >= 15 is 0 Å². The lowest BCUT2D eigenvalue weighted by Gasteiger charge is -2.37. The van der Waals surface area contributed by atoms with E-state index in [1.807, 2.05) is 48.7 Å². The summed E-state index contributed by atoms with van der Waals surface area (Å²) in [5, 5.41) is 0.955. The highest BCUT2D eigenvalue weighted by atomic mass is 32.2. The summed E-state index contributed by atoms with van der Waals surface area (Å²) in [7, 11) is 0. The highest BCUT2D eigenvalue weighted by Crippen LogP contribution is 2.43. The van der Waals surface area contributed by atoms with Crippen molar-refractivity contribution in [3.8, 4) is 11.5 Å². The smallest absolute Gasteiger partial charge is 0.159 e. The molecule has 0 amide bonds. The standard InChI is InChI=1S/C29H28N2O2S/c1-4-11-23(12-5-1)21-31-19-20-32-27(22-31)28(24-13-6-2-7-14-24)34-29-26(17-10-18-30-29)33-25-15-8-3-9-16-25/h1-18,27-28H,19-22H2/t27-,28?/m0/s1. The van der Waals surface area contributed by atoms with Gasteiger partial charge in [-0.25, -0.2) is 4.98 Å². The van der Waals surface area contributed by atoms with Crippen molar-refractivity contribution < 1.29 is 9.47 Å². The molecule has 34 heavy (non-hydrogen) atoms. The van der Waals surface area contributed by atoms with Crippen LogP contribution in [0.3, 0.4) is 0 Å². The van der Waals surface area contributed by atoms with Gasteiger partial charge >= 0.3 is 0 Å². The highest BCUT2D eigenvalue weighted by molar-refractivity contribution is 7.99. The van der Waals surface area contributed by atoms with Gasteiger partial charge in [-0.2, -0.15) is 0 Å². The first-order chi connectivity index (χ1) is 16.8. The lowest BCUT2D eigenvalue weighted by atomic mass is 10.1. The number of rotatable bonds is 8. The largest absolute Gasteiger partial charge is 0.455 e. The number of hydrogen-bond donors (Lipinski definition) is 0. The minimum absolute atomic E-state index is 0.0384. The van der Waals surface area contributed by atoms with Crippen LogP contribution in [-0.2, 0) is 11.3 Å². The van der Waals surface area contributed by atoms with Crippen LogP contribution in [0.1, 0.15) is 16.4 Å². The molecule has 0 radical (unpaired) electrons. The van der Waals surface area contributed by atoms with Gasteiger partial charge in [0.25, 0.3) is 0 Å². The Kier molecular flexibility index (Phi) is 7.56. The Balaban J connectivity index is 1.38. The van der Waals surface area contributed by atoms with Crippen LogP contribution in [0.15, 0.2) is 114 Å². The Bertz CT molecular complexity index is 1160. The zero-order valence-electron chi connectivity index (χ0n) is 19.0. The van der Waals surface area contributed by atoms with Crippen LogP contribution < -0.4 is 4.74 Å². The second kappa shape index (κ2) is 11.3. The lowest BCUT2D eigenvalue weighted by Crippen LogP contribution is -2.44. The summed E-state index contributed by atoms with van der Waals surface area (Å²) in [6.45, 7) is 3.45. The van der Waals surface area contributed by atoms with Crippen molar-refractivity contribution in [2.45, 2.75) is 22.9 Å². The average molecular weight is 469 g/mol. The van der Waals surface area contributed by atoms with Gasteiger partial charge in [0.1, 0.15) is 10.8 Å². The molecule has 0 aliphatic carbocycles. The fourth-order valence-corrected chi connectivity index (χ4v) is 5.38. The first-order valence-electron chi connectivity index (χ1n) is 11.6. The molecule has 1 aliphatic rings. The van der Waals surface area contributed by atoms with Gasteiger partial charge in [0, 0.05) is 25.8 Å². The van der Waals surface area contributed by atoms with E-state index in [0.717, 1.165) is 42.8 Å². The Morgan fingerprint density at radius 1 is 0.882 bits per heavy atom. The fraction of sp³-hybridized carbons (Fsp3) is 0.207. The number of ether oxygens (including phenoxy) is 2. The van der Waals surface area contributed by atoms with E-state index in [9.17, 15) is 0 Å². The molecular formula is C29H28N2O2S. The topological polar surface area (TPSA) is 34.6 Å². The van der Waals surface area contributed by atoms with Gasteiger partial charge < -0.3 is 9.47 Å². The minimum Gasteiger partial charge on any atom is -0.455 e. The third kappa shape index (κ3) is 5.86. The number of hydrogen-bond acceptors (Lipinski definition) is 5. The van der Waals surface area contributed by atoms with Gasteiger partial charge in [0.15, 0.2) is 5.75 Å². The fourth-order valence-electron chi connectivity index (χ4n) is 4.18. The minimum atomic E-state index is 0.0384. The van der Waals surface area contributed by atoms with Crippen LogP contribution in [0.25, 0.3) is 0 Å². The molecule has 3 aromatic carbocycles. The molecule has 172 valence electrons. The summed E-state index contributed by atoms with van der Waals surface area (Å²) in [6.07, 6.45) is 1.86. The SMILES string of the molecule is c1ccc(CN2CCO[C@H](C(Sc3ncccc3Oc3ccccc3)c3ccccc3)C2)cc1. The summed E-state index contributed by atoms with van der Waals surface area (Å²) in [5.41, 5.74) is 2.56. The highest BCUT2D eigenvalue weighted by Gasteiger charge is 2.31. The van der Waals surface area contributed by atoms with E-state index in [4.69, 9.17) is 14.5 Å². The second-order valence-corrected chi connectivity index (χ2v) is 9.43. The molecule has 4 nitrogen and oxygen atoms in total. The summed E-state index contributed by atoms with van der Waals surface area (Å²) >= 11 is 1.71. The van der Waals surface area contributed by atoms with Crippen LogP contribution in [-0.4, -0.2) is 35.7 Å². The zero-order chi connectivity index (χ0) is 23.0. The number of pyridine rings is 1. The van der Waals surface area contributed by atoms with E-state index in [-0.39, 0.29) is 11.4 Å². The molecule has 4 aromatic rings. The average Bonchev–Trinajstić information content (AvgIpc) is 2.90. The maximum Gasteiger partial charge on any atom is 0.159 e. The number of benzene rings is 3. The Morgan fingerprint density at radius 2 is 1.59 bits per heavy atom. The normalized spacial score (nSPS) is 17.2. The Hall–Kier alpha value is -3.12. The van der Waals surface area contributed by atoms with Crippen molar-refractivity contribution in [1.29, 1.82) is 0 Å². The lowest BCUT2D eigenvalue weighted by molar-refractivity contribution is -0.0320. The van der Waals surface area contributed by atoms with E-state index in [2.05, 4.69) is 65.6 Å². The van der Waals surface area contributed by atoms with Crippen LogP contribution in [0.5, 0.6) is 11.5 Å². The zero-order valence-corrected chi connectivity index (χ0v) is 19.8. The summed E-state index contributed by atoms with van der Waals surface area (Å²) in [6, 6.07) is 35.0. The maximum absolute atomic E-state index is 6.36. The van der Waals surface area contributed by atoms with Gasteiger partial charge in [-0.15, -0.1) is 0 Å². The molecule has 1 aromatic heterocycles. The van der Waals surface area contributed by atoms with Crippen molar-refractivity contribution in [1.82, 2.24) is 9.88 Å². The molecule has 0 bridgehead atoms. The molecule has 5 rings (SSSR count). The monoisotopic (exact) mass is 468 g/mol. The van der Waals surface area contributed by atoms with Crippen LogP contribution in [0.2, 0.25) is 0 Å². The maximum atomic E-state index is 6.36. The summed E-state index contributed by atoms with van der Waals surface area (Å²) in [4.78, 5) is 7.18. The van der Waals surface area contributed by atoms with Crippen molar-refractivity contribution >= 4 is 11.8 Å². The Labute approximate surface area is 205 Å². The first kappa shape index (κ1) is 22.7. The van der Waals surface area contributed by atoms with E-state index in [1.54, 1.807) is 11.8 Å². The van der Waals surface area contributed by atoms with Crippen LogP contribution in [0.4, 0.5) is 0 Å². The molecule has 1 fully saturated rings. The molecular weight excluding hydrogens is 440 g/mol. The van der Waals surface area contributed by atoms with Crippen molar-refractivity contribution in [3.63, 3.8) is 0 Å². The first-order valence-corrected chi connectivity index (χ1v) is 12.5. The van der Waals surface area contributed by atoms with Gasteiger partial charge in [-0.3, -0.25) is 4.90 Å². The number of para-hydroxylation sites is 1. The predicted molar refractivity (Wildman–Crippen MR) is 137 cm³/mol. The number of morpholine rings is 1. The van der Waals surface area contributed by atoms with E-state index in [0.29, 0.717) is 0 Å². The van der Waals surface area contributed by atoms with E-state index in [1.165, 1.54) is 11.1 Å². The molecule has 2 heterocycles. The molecule has 5 heteroatoms. The van der Waals surface area contributed by atoms with Gasteiger partial charge in [-0.1, -0.05) is 90.6 Å². The number of aromatic nitrogens is 1. The van der Waals surface area contributed by atoms with Gasteiger partial charge in [0.05, 0.1) is 18.0 Å². The molecule has 0 N–H and O–H groups in total. The quantitative estimate of drug-likeness (QED) is 0.272. The van der Waals surface area contributed by atoms with Gasteiger partial charge in [-0.05, 0) is 35.4 Å².